The molecule has 0 N–H and O–H groups in total. The zero-order chi connectivity index (χ0) is 20.7. The lowest BCUT2D eigenvalue weighted by molar-refractivity contribution is -0.159. The summed E-state index contributed by atoms with van der Waals surface area (Å²) >= 11 is 0. The normalized spacial score (nSPS) is 19.9. The monoisotopic (exact) mass is 390 g/mol. The fraction of sp³-hybridized carbons (Fsp3) is 0.364. The van der Waals surface area contributed by atoms with E-state index in [1.807, 2.05) is 0 Å². The van der Waals surface area contributed by atoms with Crippen LogP contribution in [0.15, 0.2) is 48.5 Å². The van der Waals surface area contributed by atoms with Crippen LogP contribution in [-0.4, -0.2) is 17.4 Å². The number of ketones is 1. The summed E-state index contributed by atoms with van der Waals surface area (Å²) in [6, 6.07) is 11.8. The highest BCUT2D eigenvalue weighted by Crippen LogP contribution is 2.43. The summed E-state index contributed by atoms with van der Waals surface area (Å²) in [5.41, 5.74) is -0.759. The maximum atomic E-state index is 13.6. The third-order valence-electron chi connectivity index (χ3n) is 4.73. The maximum Gasteiger partial charge on any atom is 0.416 e. The minimum Gasteiger partial charge on any atom is -0.459 e. The van der Waals surface area contributed by atoms with Crippen LogP contribution in [0.1, 0.15) is 53.7 Å². The number of halogens is 3. The average Bonchev–Trinajstić information content (AvgIpc) is 2.59. The predicted molar refractivity (Wildman–Crippen MR) is 98.0 cm³/mol. The molecular formula is C22H21F3O3. The SMILES string of the molecule is CC(C)(C)OC(=O)C1C(=O)c2ccccc2C[C@H]1c1ccccc1C(F)(F)F. The van der Waals surface area contributed by atoms with E-state index in [-0.39, 0.29) is 12.0 Å². The molecule has 1 aliphatic carbocycles. The Morgan fingerprint density at radius 3 is 2.25 bits per heavy atom. The largest absolute Gasteiger partial charge is 0.459 e. The molecule has 1 unspecified atom stereocenters. The number of fused-ring (bicyclic) bond motifs is 1. The van der Waals surface area contributed by atoms with E-state index in [1.165, 1.54) is 18.2 Å². The van der Waals surface area contributed by atoms with Gasteiger partial charge < -0.3 is 4.74 Å². The van der Waals surface area contributed by atoms with Crippen molar-refractivity contribution in [1.29, 1.82) is 0 Å². The van der Waals surface area contributed by atoms with Crippen molar-refractivity contribution >= 4 is 11.8 Å². The molecule has 148 valence electrons. The van der Waals surface area contributed by atoms with Crippen LogP contribution in [0.5, 0.6) is 0 Å². The third kappa shape index (κ3) is 3.96. The van der Waals surface area contributed by atoms with Crippen molar-refractivity contribution in [3.8, 4) is 0 Å². The highest BCUT2D eigenvalue weighted by Gasteiger charge is 2.46. The van der Waals surface area contributed by atoms with Crippen LogP contribution in [0.3, 0.4) is 0 Å². The molecule has 0 saturated carbocycles. The molecule has 0 aromatic heterocycles. The highest BCUT2D eigenvalue weighted by atomic mass is 19.4. The van der Waals surface area contributed by atoms with Crippen LogP contribution < -0.4 is 0 Å². The first-order valence-electron chi connectivity index (χ1n) is 9.00. The summed E-state index contributed by atoms with van der Waals surface area (Å²) in [6.45, 7) is 4.97. The summed E-state index contributed by atoms with van der Waals surface area (Å²) < 4.78 is 46.2. The zero-order valence-corrected chi connectivity index (χ0v) is 15.8. The molecule has 2 aromatic rings. The average molecular weight is 390 g/mol. The van der Waals surface area contributed by atoms with E-state index >= 15 is 0 Å². The first-order valence-corrected chi connectivity index (χ1v) is 9.00. The van der Waals surface area contributed by atoms with Crippen LogP contribution in [0.25, 0.3) is 0 Å². The minimum absolute atomic E-state index is 0.0614. The van der Waals surface area contributed by atoms with Gasteiger partial charge in [0.15, 0.2) is 5.78 Å². The van der Waals surface area contributed by atoms with Gasteiger partial charge in [0.1, 0.15) is 11.5 Å². The predicted octanol–water partition coefficient (Wildman–Crippen LogP) is 5.19. The summed E-state index contributed by atoms with van der Waals surface area (Å²) in [6.07, 6.45) is -4.44. The Hall–Kier alpha value is -2.63. The molecular weight excluding hydrogens is 369 g/mol. The molecule has 0 radical (unpaired) electrons. The number of Topliss-reactive ketones (excluding diaryl/α,β-unsaturated/α-hetero) is 1. The smallest absolute Gasteiger partial charge is 0.416 e. The van der Waals surface area contributed by atoms with Gasteiger partial charge in [-0.15, -0.1) is 0 Å². The van der Waals surface area contributed by atoms with Gasteiger partial charge in [-0.1, -0.05) is 42.5 Å². The molecule has 2 aromatic carbocycles. The van der Waals surface area contributed by atoms with Gasteiger partial charge in [-0.05, 0) is 44.4 Å². The standard InChI is InChI=1S/C22H21F3O3/c1-21(2,3)28-20(27)18-16(12-13-8-4-5-9-14(13)19(18)26)15-10-6-7-11-17(15)22(23,24)25/h4-11,16,18H,12H2,1-3H3/t16-,18?/m0/s1. The van der Waals surface area contributed by atoms with Crippen molar-refractivity contribution < 1.29 is 27.5 Å². The van der Waals surface area contributed by atoms with Crippen molar-refractivity contribution in [3.05, 3.63) is 70.8 Å². The Morgan fingerprint density at radius 1 is 1.00 bits per heavy atom. The zero-order valence-electron chi connectivity index (χ0n) is 15.8. The fourth-order valence-corrected chi connectivity index (χ4v) is 3.65. The quantitative estimate of drug-likeness (QED) is 0.524. The summed E-state index contributed by atoms with van der Waals surface area (Å²) in [7, 11) is 0. The Morgan fingerprint density at radius 2 is 1.61 bits per heavy atom. The first kappa shape index (κ1) is 20.1. The van der Waals surface area contributed by atoms with Gasteiger partial charge in [0.25, 0.3) is 0 Å². The van der Waals surface area contributed by atoms with Gasteiger partial charge in [-0.2, -0.15) is 13.2 Å². The summed E-state index contributed by atoms with van der Waals surface area (Å²) in [4.78, 5) is 26.0. The van der Waals surface area contributed by atoms with Crippen LogP contribution in [0.4, 0.5) is 13.2 Å². The number of ether oxygens (including phenoxy) is 1. The molecule has 0 aliphatic heterocycles. The molecule has 0 saturated heterocycles. The molecule has 0 heterocycles. The number of benzene rings is 2. The molecule has 2 atom stereocenters. The third-order valence-corrected chi connectivity index (χ3v) is 4.73. The number of rotatable bonds is 2. The van der Waals surface area contributed by atoms with E-state index in [0.717, 1.165) is 6.07 Å². The first-order chi connectivity index (χ1) is 13.0. The van der Waals surface area contributed by atoms with Crippen LogP contribution >= 0.6 is 0 Å². The maximum absolute atomic E-state index is 13.6. The Kier molecular flexibility index (Phi) is 5.08. The van der Waals surface area contributed by atoms with Crippen LogP contribution in [-0.2, 0) is 22.1 Å². The number of carbonyl (C=O) groups excluding carboxylic acids is 2. The topological polar surface area (TPSA) is 43.4 Å². The second kappa shape index (κ2) is 7.08. The van der Waals surface area contributed by atoms with Gasteiger partial charge >= 0.3 is 12.1 Å². The number of carbonyl (C=O) groups is 2. The second-order valence-electron chi connectivity index (χ2n) is 7.93. The Labute approximate surface area is 161 Å². The van der Waals surface area contributed by atoms with Crippen LogP contribution in [0.2, 0.25) is 0 Å². The molecule has 28 heavy (non-hydrogen) atoms. The van der Waals surface area contributed by atoms with E-state index in [2.05, 4.69) is 0 Å². The number of hydrogen-bond donors (Lipinski definition) is 0. The van der Waals surface area contributed by atoms with E-state index in [4.69, 9.17) is 4.74 Å². The van der Waals surface area contributed by atoms with Gasteiger partial charge in [0.2, 0.25) is 0 Å². The Bertz CT molecular complexity index is 910. The summed E-state index contributed by atoms with van der Waals surface area (Å²) in [5.74, 6) is -3.57. The molecule has 0 fully saturated rings. The number of esters is 1. The lowest BCUT2D eigenvalue weighted by atomic mass is 9.71. The molecule has 0 amide bonds. The molecule has 0 bridgehead atoms. The van der Waals surface area contributed by atoms with Gasteiger partial charge in [0, 0.05) is 11.5 Å². The number of alkyl halides is 3. The van der Waals surface area contributed by atoms with Crippen molar-refractivity contribution in [3.63, 3.8) is 0 Å². The fourth-order valence-electron chi connectivity index (χ4n) is 3.65. The Balaban J connectivity index is 2.15. The van der Waals surface area contributed by atoms with E-state index in [1.54, 1.807) is 45.0 Å². The van der Waals surface area contributed by atoms with Crippen LogP contribution in [0, 0.1) is 5.92 Å². The van der Waals surface area contributed by atoms with E-state index in [0.29, 0.717) is 11.1 Å². The molecule has 6 heteroatoms. The number of hydrogen-bond acceptors (Lipinski definition) is 3. The van der Waals surface area contributed by atoms with Gasteiger partial charge in [-0.3, -0.25) is 9.59 Å². The lowest BCUT2D eigenvalue weighted by Gasteiger charge is -2.34. The van der Waals surface area contributed by atoms with Gasteiger partial charge in [0.05, 0.1) is 5.56 Å². The minimum atomic E-state index is -4.59. The molecule has 3 rings (SSSR count). The molecule has 0 spiro atoms. The van der Waals surface area contributed by atoms with Gasteiger partial charge in [-0.25, -0.2) is 0 Å². The van der Waals surface area contributed by atoms with Crippen molar-refractivity contribution in [1.82, 2.24) is 0 Å². The molecule has 3 nitrogen and oxygen atoms in total. The second-order valence-corrected chi connectivity index (χ2v) is 7.93. The van der Waals surface area contributed by atoms with Crippen molar-refractivity contribution in [2.75, 3.05) is 0 Å². The highest BCUT2D eigenvalue weighted by molar-refractivity contribution is 6.11. The van der Waals surface area contributed by atoms with Crippen molar-refractivity contribution in [2.24, 2.45) is 5.92 Å². The van der Waals surface area contributed by atoms with Crippen molar-refractivity contribution in [2.45, 2.75) is 44.9 Å². The lowest BCUT2D eigenvalue weighted by Crippen LogP contribution is -2.40. The van der Waals surface area contributed by atoms with E-state index < -0.39 is 40.9 Å². The van der Waals surface area contributed by atoms with E-state index in [9.17, 15) is 22.8 Å². The molecule has 1 aliphatic rings. The summed E-state index contributed by atoms with van der Waals surface area (Å²) in [5, 5.41) is 0.